The first kappa shape index (κ1) is 7.64. The highest BCUT2D eigenvalue weighted by Crippen LogP contribution is 2.60. The second kappa shape index (κ2) is 2.24. The van der Waals surface area contributed by atoms with Crippen LogP contribution in [-0.4, -0.2) is 0 Å². The van der Waals surface area contributed by atoms with E-state index in [1.807, 2.05) is 0 Å². The van der Waals surface area contributed by atoms with Crippen molar-refractivity contribution in [1.82, 2.24) is 0 Å². The molecule has 0 aliphatic heterocycles. The average Bonchev–Trinajstić information content (AvgIpc) is 2.65. The Morgan fingerprint density at radius 2 is 1.36 bits per heavy atom. The summed E-state index contributed by atoms with van der Waals surface area (Å²) in [5, 5.41) is 0. The summed E-state index contributed by atoms with van der Waals surface area (Å²) in [6.07, 6.45) is 6.12. The van der Waals surface area contributed by atoms with Crippen LogP contribution in [0.4, 0.5) is 0 Å². The molecule has 0 nitrogen and oxygen atoms in total. The van der Waals surface area contributed by atoms with Gasteiger partial charge in [-0.1, -0.05) is 20.8 Å². The highest BCUT2D eigenvalue weighted by molar-refractivity contribution is 4.99. The van der Waals surface area contributed by atoms with Crippen molar-refractivity contribution in [2.24, 2.45) is 23.2 Å². The van der Waals surface area contributed by atoms with Crippen LogP contribution in [0.3, 0.4) is 0 Å². The molecular formula is C11H20. The van der Waals surface area contributed by atoms with Crippen LogP contribution in [0, 0.1) is 23.2 Å². The fourth-order valence-corrected chi connectivity index (χ4v) is 2.97. The van der Waals surface area contributed by atoms with Gasteiger partial charge in [0.1, 0.15) is 0 Å². The Bertz CT molecular complexity index is 141. The van der Waals surface area contributed by atoms with E-state index in [-0.39, 0.29) is 0 Å². The minimum atomic E-state index is 0.853. The Morgan fingerprint density at radius 1 is 0.909 bits per heavy atom. The molecule has 0 saturated heterocycles. The highest BCUT2D eigenvalue weighted by Gasteiger charge is 2.48. The van der Waals surface area contributed by atoms with E-state index in [2.05, 4.69) is 20.8 Å². The molecule has 0 amide bonds. The molecule has 2 unspecified atom stereocenters. The summed E-state index contributed by atoms with van der Waals surface area (Å²) >= 11 is 0. The number of hydrogen-bond acceptors (Lipinski definition) is 0. The van der Waals surface area contributed by atoms with Crippen molar-refractivity contribution >= 4 is 0 Å². The predicted octanol–water partition coefficient (Wildman–Crippen LogP) is 3.47. The third-order valence-electron chi connectivity index (χ3n) is 4.26. The summed E-state index contributed by atoms with van der Waals surface area (Å²) in [5.74, 6) is 2.95. The summed E-state index contributed by atoms with van der Waals surface area (Å²) in [5.41, 5.74) is 0.853. The molecule has 0 bridgehead atoms. The van der Waals surface area contributed by atoms with E-state index in [9.17, 15) is 0 Å². The van der Waals surface area contributed by atoms with Crippen LogP contribution in [0.25, 0.3) is 0 Å². The van der Waals surface area contributed by atoms with Gasteiger partial charge in [-0.2, -0.15) is 0 Å². The smallest absolute Gasteiger partial charge is 0.0292 e. The Labute approximate surface area is 70.4 Å². The fourth-order valence-electron chi connectivity index (χ4n) is 2.97. The van der Waals surface area contributed by atoms with E-state index in [0.717, 1.165) is 23.2 Å². The number of hydrogen-bond donors (Lipinski definition) is 0. The molecule has 2 atom stereocenters. The molecule has 0 N–H and O–H groups in total. The lowest BCUT2D eigenvalue weighted by Crippen LogP contribution is -2.28. The predicted molar refractivity (Wildman–Crippen MR) is 48.4 cm³/mol. The maximum absolute atomic E-state index is 2.44. The second-order valence-corrected chi connectivity index (χ2v) is 5.22. The van der Waals surface area contributed by atoms with E-state index in [1.165, 1.54) is 25.7 Å². The average molecular weight is 152 g/mol. The summed E-state index contributed by atoms with van der Waals surface area (Å²) < 4.78 is 0. The van der Waals surface area contributed by atoms with E-state index in [1.54, 1.807) is 0 Å². The topological polar surface area (TPSA) is 0 Å². The normalized spacial score (nSPS) is 47.7. The third-order valence-corrected chi connectivity index (χ3v) is 4.26. The lowest BCUT2D eigenvalue weighted by Gasteiger charge is -2.37. The van der Waals surface area contributed by atoms with Crippen molar-refractivity contribution in [3.63, 3.8) is 0 Å². The van der Waals surface area contributed by atoms with Crippen molar-refractivity contribution < 1.29 is 0 Å². The molecule has 0 heterocycles. The van der Waals surface area contributed by atoms with Crippen LogP contribution in [0.2, 0.25) is 0 Å². The van der Waals surface area contributed by atoms with Crippen molar-refractivity contribution in [3.8, 4) is 0 Å². The zero-order valence-corrected chi connectivity index (χ0v) is 8.06. The molecule has 0 aromatic carbocycles. The van der Waals surface area contributed by atoms with Gasteiger partial charge in [0.25, 0.3) is 0 Å². The Morgan fingerprint density at radius 3 is 1.73 bits per heavy atom. The monoisotopic (exact) mass is 152 g/mol. The molecular weight excluding hydrogens is 132 g/mol. The standard InChI is InChI=1S/C11H20/c1-8-6-11(4-5-11)7-9(2)10(8)3/h8-10H,4-7H2,1-3H3. The van der Waals surface area contributed by atoms with Crippen LogP contribution < -0.4 is 0 Å². The van der Waals surface area contributed by atoms with Crippen LogP contribution in [0.1, 0.15) is 46.5 Å². The lowest BCUT2D eigenvalue weighted by molar-refractivity contribution is 0.127. The van der Waals surface area contributed by atoms with E-state index < -0.39 is 0 Å². The second-order valence-electron chi connectivity index (χ2n) is 5.22. The zero-order chi connectivity index (χ0) is 8.06. The van der Waals surface area contributed by atoms with Crippen molar-refractivity contribution in [1.29, 1.82) is 0 Å². The first-order valence-electron chi connectivity index (χ1n) is 5.13. The van der Waals surface area contributed by atoms with E-state index in [4.69, 9.17) is 0 Å². The quantitative estimate of drug-likeness (QED) is 0.498. The Hall–Kier alpha value is 0. The Balaban J connectivity index is 2.05. The van der Waals surface area contributed by atoms with Crippen LogP contribution >= 0.6 is 0 Å². The molecule has 0 aromatic rings. The van der Waals surface area contributed by atoms with Gasteiger partial charge in [-0.3, -0.25) is 0 Å². The highest BCUT2D eigenvalue weighted by atomic mass is 14.5. The van der Waals surface area contributed by atoms with E-state index in [0.29, 0.717) is 0 Å². The van der Waals surface area contributed by atoms with Crippen molar-refractivity contribution in [3.05, 3.63) is 0 Å². The zero-order valence-electron chi connectivity index (χ0n) is 8.06. The molecule has 0 radical (unpaired) electrons. The van der Waals surface area contributed by atoms with Crippen LogP contribution in [-0.2, 0) is 0 Å². The van der Waals surface area contributed by atoms with Crippen molar-refractivity contribution in [2.45, 2.75) is 46.5 Å². The molecule has 2 aliphatic rings. The van der Waals surface area contributed by atoms with Gasteiger partial charge in [0, 0.05) is 0 Å². The lowest BCUT2D eigenvalue weighted by atomic mass is 9.68. The van der Waals surface area contributed by atoms with Crippen LogP contribution in [0.5, 0.6) is 0 Å². The molecule has 0 aromatic heterocycles. The van der Waals surface area contributed by atoms with Gasteiger partial charge < -0.3 is 0 Å². The molecule has 2 rings (SSSR count). The molecule has 2 fully saturated rings. The minimum absolute atomic E-state index is 0.853. The molecule has 1 spiro atoms. The molecule has 11 heavy (non-hydrogen) atoms. The minimum Gasteiger partial charge on any atom is -0.0622 e. The van der Waals surface area contributed by atoms with Gasteiger partial charge in [-0.15, -0.1) is 0 Å². The van der Waals surface area contributed by atoms with Gasteiger partial charge in [0.2, 0.25) is 0 Å². The molecule has 2 saturated carbocycles. The summed E-state index contributed by atoms with van der Waals surface area (Å²) in [4.78, 5) is 0. The van der Waals surface area contributed by atoms with E-state index >= 15 is 0 Å². The SMILES string of the molecule is CC1CC2(CC2)CC(C)C1C. The third kappa shape index (κ3) is 1.21. The maximum Gasteiger partial charge on any atom is -0.0292 e. The first-order valence-corrected chi connectivity index (χ1v) is 5.13. The summed E-state index contributed by atoms with van der Waals surface area (Å²) in [7, 11) is 0. The summed E-state index contributed by atoms with van der Waals surface area (Å²) in [6.45, 7) is 7.32. The largest absolute Gasteiger partial charge is 0.0622 e. The van der Waals surface area contributed by atoms with Crippen LogP contribution in [0.15, 0.2) is 0 Å². The maximum atomic E-state index is 2.44. The van der Waals surface area contributed by atoms with Gasteiger partial charge >= 0.3 is 0 Å². The molecule has 64 valence electrons. The van der Waals surface area contributed by atoms with Gasteiger partial charge in [0.05, 0.1) is 0 Å². The fraction of sp³-hybridized carbons (Fsp3) is 1.00. The van der Waals surface area contributed by atoms with Crippen molar-refractivity contribution in [2.75, 3.05) is 0 Å². The Kier molecular flexibility index (Phi) is 1.56. The van der Waals surface area contributed by atoms with Gasteiger partial charge in [0.15, 0.2) is 0 Å². The summed E-state index contributed by atoms with van der Waals surface area (Å²) in [6, 6.07) is 0. The van der Waals surface area contributed by atoms with Gasteiger partial charge in [-0.05, 0) is 48.9 Å². The molecule has 2 aliphatic carbocycles. The number of rotatable bonds is 0. The van der Waals surface area contributed by atoms with Gasteiger partial charge in [-0.25, -0.2) is 0 Å². The molecule has 0 heteroatoms. The first-order chi connectivity index (χ1) is 5.13.